The van der Waals surface area contributed by atoms with Gasteiger partial charge in [-0.3, -0.25) is 14.3 Å². The van der Waals surface area contributed by atoms with Crippen molar-refractivity contribution in [3.63, 3.8) is 0 Å². The lowest BCUT2D eigenvalue weighted by Gasteiger charge is -2.34. The normalized spacial score (nSPS) is 21.1. The summed E-state index contributed by atoms with van der Waals surface area (Å²) in [6.45, 7) is 6.30. The molecule has 0 amide bonds. The summed E-state index contributed by atoms with van der Waals surface area (Å²) in [5.74, 6) is 0. The Kier molecular flexibility index (Phi) is 4.87. The van der Waals surface area contributed by atoms with Crippen LogP contribution in [0.2, 0.25) is 0 Å². The number of aliphatic hydroxyl groups is 1. The Hall–Kier alpha value is -1.70. The van der Waals surface area contributed by atoms with Gasteiger partial charge in [0.25, 0.3) is 0 Å². The zero-order chi connectivity index (χ0) is 15.4. The van der Waals surface area contributed by atoms with Gasteiger partial charge in [0, 0.05) is 38.2 Å². The van der Waals surface area contributed by atoms with Crippen LogP contribution in [-0.2, 0) is 17.8 Å². The van der Waals surface area contributed by atoms with Crippen LogP contribution in [-0.4, -0.2) is 68.0 Å². The Morgan fingerprint density at radius 2 is 2.27 bits per heavy atom. The fourth-order valence-electron chi connectivity index (χ4n) is 2.81. The molecule has 120 valence electrons. The average molecular weight is 305 g/mol. The van der Waals surface area contributed by atoms with E-state index >= 15 is 0 Å². The third-order valence-corrected chi connectivity index (χ3v) is 3.80. The van der Waals surface area contributed by atoms with E-state index in [1.807, 2.05) is 36.3 Å². The zero-order valence-corrected chi connectivity index (χ0v) is 12.9. The lowest BCUT2D eigenvalue weighted by molar-refractivity contribution is -0.0497. The van der Waals surface area contributed by atoms with Gasteiger partial charge in [0.2, 0.25) is 0 Å². The van der Waals surface area contributed by atoms with E-state index in [0.717, 1.165) is 25.2 Å². The van der Waals surface area contributed by atoms with Crippen LogP contribution in [0.25, 0.3) is 0 Å². The summed E-state index contributed by atoms with van der Waals surface area (Å²) in [6, 6.07) is 1.86. The Bertz CT molecular complexity index is 568. The standard InChI is InChI=1S/C15H23N5O2/c1-13-7-17-20(8-13)12-15-11-18(5-6-22-15)9-14(21)10-19-4-2-3-16-19/h2-4,7-8,14-15,21H,5-6,9-12H2,1H3/t14-,15+/m0/s1. The number of ether oxygens (including phenoxy) is 1. The summed E-state index contributed by atoms with van der Waals surface area (Å²) >= 11 is 0. The highest BCUT2D eigenvalue weighted by molar-refractivity contribution is 4.99. The number of hydrogen-bond donors (Lipinski definition) is 1. The predicted molar refractivity (Wildman–Crippen MR) is 81.4 cm³/mol. The fraction of sp³-hybridized carbons (Fsp3) is 0.600. The third-order valence-electron chi connectivity index (χ3n) is 3.80. The van der Waals surface area contributed by atoms with Crippen LogP contribution in [0.15, 0.2) is 30.9 Å². The molecule has 2 aromatic heterocycles. The first-order valence-electron chi connectivity index (χ1n) is 7.67. The van der Waals surface area contributed by atoms with Gasteiger partial charge >= 0.3 is 0 Å². The molecule has 0 unspecified atom stereocenters. The molecule has 1 aliphatic heterocycles. The Labute approximate surface area is 130 Å². The summed E-state index contributed by atoms with van der Waals surface area (Å²) in [5, 5.41) is 18.6. The summed E-state index contributed by atoms with van der Waals surface area (Å²) in [5.41, 5.74) is 1.15. The quantitative estimate of drug-likeness (QED) is 0.823. The smallest absolute Gasteiger partial charge is 0.0898 e. The molecule has 0 aliphatic carbocycles. The molecule has 2 atom stereocenters. The molecule has 2 aromatic rings. The van der Waals surface area contributed by atoms with Crippen LogP contribution < -0.4 is 0 Å². The molecule has 1 N–H and O–H groups in total. The molecule has 3 heterocycles. The van der Waals surface area contributed by atoms with Crippen LogP contribution in [0.1, 0.15) is 5.56 Å². The van der Waals surface area contributed by atoms with Gasteiger partial charge < -0.3 is 9.84 Å². The maximum atomic E-state index is 10.2. The van der Waals surface area contributed by atoms with Gasteiger partial charge in [-0.25, -0.2) is 0 Å². The van der Waals surface area contributed by atoms with Crippen LogP contribution >= 0.6 is 0 Å². The number of aliphatic hydroxyl groups excluding tert-OH is 1. The number of morpholine rings is 1. The van der Waals surface area contributed by atoms with E-state index in [1.54, 1.807) is 10.9 Å². The molecular formula is C15H23N5O2. The number of hydrogen-bond acceptors (Lipinski definition) is 5. The maximum Gasteiger partial charge on any atom is 0.0898 e. The first-order chi connectivity index (χ1) is 10.7. The van der Waals surface area contributed by atoms with Crippen LogP contribution in [0.3, 0.4) is 0 Å². The van der Waals surface area contributed by atoms with E-state index in [1.165, 1.54) is 0 Å². The third kappa shape index (κ3) is 4.16. The van der Waals surface area contributed by atoms with Crippen LogP contribution in [0.4, 0.5) is 0 Å². The predicted octanol–water partition coefficient (Wildman–Crippen LogP) is 0.150. The number of nitrogens with zero attached hydrogens (tertiary/aromatic N) is 5. The van der Waals surface area contributed by atoms with Crippen molar-refractivity contribution >= 4 is 0 Å². The number of aryl methyl sites for hydroxylation is 1. The van der Waals surface area contributed by atoms with Gasteiger partial charge in [-0.2, -0.15) is 10.2 Å². The summed E-state index contributed by atoms with van der Waals surface area (Å²) < 4.78 is 9.49. The largest absolute Gasteiger partial charge is 0.390 e. The topological polar surface area (TPSA) is 68.3 Å². The van der Waals surface area contributed by atoms with E-state index in [2.05, 4.69) is 15.1 Å². The maximum absolute atomic E-state index is 10.2. The molecule has 7 nitrogen and oxygen atoms in total. The molecule has 1 fully saturated rings. The summed E-state index contributed by atoms with van der Waals surface area (Å²) in [6.07, 6.45) is 7.16. The zero-order valence-electron chi connectivity index (χ0n) is 12.9. The first kappa shape index (κ1) is 15.2. The lowest BCUT2D eigenvalue weighted by Crippen LogP contribution is -2.47. The minimum absolute atomic E-state index is 0.116. The van der Waals surface area contributed by atoms with Gasteiger partial charge in [0.15, 0.2) is 0 Å². The van der Waals surface area contributed by atoms with Crippen molar-refractivity contribution < 1.29 is 9.84 Å². The molecule has 1 saturated heterocycles. The highest BCUT2D eigenvalue weighted by Gasteiger charge is 2.23. The minimum Gasteiger partial charge on any atom is -0.390 e. The second kappa shape index (κ2) is 7.04. The SMILES string of the molecule is Cc1cnn(C[C@H]2CN(C[C@H](O)Cn3cccn3)CCO2)c1. The Morgan fingerprint density at radius 1 is 1.36 bits per heavy atom. The van der Waals surface area contributed by atoms with Crippen LogP contribution in [0, 0.1) is 6.92 Å². The molecule has 0 bridgehead atoms. The van der Waals surface area contributed by atoms with Crippen molar-refractivity contribution in [2.75, 3.05) is 26.2 Å². The summed E-state index contributed by atoms with van der Waals surface area (Å²) in [4.78, 5) is 2.25. The van der Waals surface area contributed by atoms with E-state index in [4.69, 9.17) is 4.74 Å². The van der Waals surface area contributed by atoms with Gasteiger partial charge in [0.05, 0.1) is 38.1 Å². The molecule has 7 heteroatoms. The Balaban J connectivity index is 1.47. The molecule has 0 aromatic carbocycles. The fourth-order valence-corrected chi connectivity index (χ4v) is 2.81. The Morgan fingerprint density at radius 3 is 3.00 bits per heavy atom. The van der Waals surface area contributed by atoms with E-state index < -0.39 is 6.10 Å². The highest BCUT2D eigenvalue weighted by Crippen LogP contribution is 2.09. The van der Waals surface area contributed by atoms with Crippen LogP contribution in [0.5, 0.6) is 0 Å². The van der Waals surface area contributed by atoms with Crippen molar-refractivity contribution in [1.82, 2.24) is 24.5 Å². The van der Waals surface area contributed by atoms with Gasteiger partial charge in [0.1, 0.15) is 0 Å². The van der Waals surface area contributed by atoms with E-state index in [9.17, 15) is 5.11 Å². The van der Waals surface area contributed by atoms with Crippen molar-refractivity contribution in [3.8, 4) is 0 Å². The van der Waals surface area contributed by atoms with Gasteiger partial charge in [-0.05, 0) is 18.6 Å². The van der Waals surface area contributed by atoms with E-state index in [0.29, 0.717) is 19.7 Å². The lowest BCUT2D eigenvalue weighted by atomic mass is 10.2. The van der Waals surface area contributed by atoms with Gasteiger partial charge in [-0.1, -0.05) is 0 Å². The second-order valence-corrected chi connectivity index (χ2v) is 5.87. The summed E-state index contributed by atoms with van der Waals surface area (Å²) in [7, 11) is 0. The number of β-amino-alcohol motifs (C(OH)–C–C–N with tert-alkyl or cyclic N) is 1. The molecule has 0 radical (unpaired) electrons. The molecule has 3 rings (SSSR count). The second-order valence-electron chi connectivity index (χ2n) is 5.87. The first-order valence-corrected chi connectivity index (χ1v) is 7.67. The number of aromatic nitrogens is 4. The monoisotopic (exact) mass is 305 g/mol. The molecular weight excluding hydrogens is 282 g/mol. The van der Waals surface area contributed by atoms with Gasteiger partial charge in [-0.15, -0.1) is 0 Å². The van der Waals surface area contributed by atoms with Crippen molar-refractivity contribution in [3.05, 3.63) is 36.4 Å². The molecule has 0 saturated carbocycles. The van der Waals surface area contributed by atoms with Crippen molar-refractivity contribution in [2.24, 2.45) is 0 Å². The molecule has 1 aliphatic rings. The molecule has 0 spiro atoms. The minimum atomic E-state index is -0.425. The average Bonchev–Trinajstić information content (AvgIpc) is 3.11. The highest BCUT2D eigenvalue weighted by atomic mass is 16.5. The van der Waals surface area contributed by atoms with Crippen molar-refractivity contribution in [1.29, 1.82) is 0 Å². The van der Waals surface area contributed by atoms with Crippen molar-refractivity contribution in [2.45, 2.75) is 32.2 Å². The van der Waals surface area contributed by atoms with E-state index in [-0.39, 0.29) is 6.10 Å². The number of rotatable bonds is 6. The molecule has 22 heavy (non-hydrogen) atoms.